The minimum absolute atomic E-state index is 0.359. The van der Waals surface area contributed by atoms with E-state index >= 15 is 0 Å². The van der Waals surface area contributed by atoms with Crippen molar-refractivity contribution in [3.8, 4) is 0 Å². The molecule has 1 aromatic rings. The summed E-state index contributed by atoms with van der Waals surface area (Å²) in [7, 11) is 0. The number of rotatable bonds is 3. The molecule has 0 bridgehead atoms. The molecule has 0 fully saturated rings. The number of hydrogen-bond acceptors (Lipinski definition) is 3. The van der Waals surface area contributed by atoms with E-state index in [1.165, 1.54) is 6.07 Å². The number of nitrogens with zero attached hydrogens (tertiary/aromatic N) is 3. The summed E-state index contributed by atoms with van der Waals surface area (Å²) in [6.45, 7) is 0. The predicted molar refractivity (Wildman–Crippen MR) is 47.8 cm³/mol. The molecule has 0 saturated heterocycles. The van der Waals surface area contributed by atoms with Crippen LogP contribution in [-0.2, 0) is 11.3 Å². The smallest absolute Gasteiger partial charge is 0.0457 e. The van der Waals surface area contributed by atoms with Gasteiger partial charge in [0.05, 0.1) is 0 Å². The maximum Gasteiger partial charge on any atom is 0.0457 e. The van der Waals surface area contributed by atoms with Crippen molar-refractivity contribution in [2.45, 2.75) is 0 Å². The Morgan fingerprint density at radius 3 is 3.00 bits per heavy atom. The highest BCUT2D eigenvalue weighted by Gasteiger charge is 1.91. The largest absolute Gasteiger partial charge is 0.755 e. The van der Waals surface area contributed by atoms with E-state index in [9.17, 15) is 8.76 Å². The lowest BCUT2D eigenvalue weighted by atomic mass is 10.3. The van der Waals surface area contributed by atoms with Crippen molar-refractivity contribution in [2.75, 3.05) is 4.72 Å². The van der Waals surface area contributed by atoms with E-state index in [2.05, 4.69) is 14.7 Å². The van der Waals surface area contributed by atoms with E-state index in [-0.39, 0.29) is 0 Å². The zero-order valence-corrected chi connectivity index (χ0v) is 7.19. The van der Waals surface area contributed by atoms with Gasteiger partial charge in [-0.3, -0.25) is 4.21 Å². The fraction of sp³-hybridized carbons (Fsp3) is 0. The zero-order chi connectivity index (χ0) is 9.68. The average molecular weight is 197 g/mol. The Bertz CT molecular complexity index is 375. The Morgan fingerprint density at radius 2 is 2.38 bits per heavy atom. The first kappa shape index (κ1) is 9.53. The predicted octanol–water partition coefficient (Wildman–Crippen LogP) is 1.83. The third-order valence-electron chi connectivity index (χ3n) is 1.21. The molecule has 68 valence electrons. The number of nitrogens with one attached hydrogen (secondary N) is 1. The molecular formula is C6H5N4O2S-. The summed E-state index contributed by atoms with van der Waals surface area (Å²) < 4.78 is 22.6. The van der Waals surface area contributed by atoms with E-state index in [0.29, 0.717) is 11.4 Å². The summed E-state index contributed by atoms with van der Waals surface area (Å²) in [5.41, 5.74) is 8.83. The van der Waals surface area contributed by atoms with Crippen LogP contribution in [0.25, 0.3) is 10.4 Å². The summed E-state index contributed by atoms with van der Waals surface area (Å²) in [4.78, 5) is 2.57. The Hall–Kier alpha value is -1.56. The van der Waals surface area contributed by atoms with Crippen LogP contribution in [0.3, 0.4) is 0 Å². The first-order valence-corrected chi connectivity index (χ1v) is 4.31. The molecule has 1 unspecified atom stereocenters. The Morgan fingerprint density at radius 1 is 1.62 bits per heavy atom. The quantitative estimate of drug-likeness (QED) is 0.346. The molecule has 0 aromatic heterocycles. The van der Waals surface area contributed by atoms with Crippen molar-refractivity contribution in [2.24, 2.45) is 5.11 Å². The molecule has 1 atom stereocenters. The van der Waals surface area contributed by atoms with Crippen LogP contribution in [0, 0.1) is 0 Å². The summed E-state index contributed by atoms with van der Waals surface area (Å²) in [5, 5.41) is 3.31. The van der Waals surface area contributed by atoms with Gasteiger partial charge in [-0.15, -0.1) is 0 Å². The van der Waals surface area contributed by atoms with Gasteiger partial charge in [0.15, 0.2) is 0 Å². The van der Waals surface area contributed by atoms with Crippen molar-refractivity contribution in [1.82, 2.24) is 0 Å². The molecule has 0 spiro atoms. The van der Waals surface area contributed by atoms with Crippen LogP contribution in [-0.4, -0.2) is 8.76 Å². The highest BCUT2D eigenvalue weighted by molar-refractivity contribution is 7.80. The first-order chi connectivity index (χ1) is 6.22. The van der Waals surface area contributed by atoms with Gasteiger partial charge in [-0.05, 0) is 17.7 Å². The molecule has 7 heteroatoms. The van der Waals surface area contributed by atoms with E-state index in [0.717, 1.165) is 0 Å². The molecule has 0 radical (unpaired) electrons. The van der Waals surface area contributed by atoms with Crippen LogP contribution < -0.4 is 4.72 Å². The molecule has 13 heavy (non-hydrogen) atoms. The fourth-order valence-electron chi connectivity index (χ4n) is 0.779. The van der Waals surface area contributed by atoms with Crippen molar-refractivity contribution in [1.29, 1.82) is 0 Å². The van der Waals surface area contributed by atoms with Gasteiger partial charge in [-0.2, -0.15) is 0 Å². The summed E-state index contributed by atoms with van der Waals surface area (Å²) in [6, 6.07) is 6.12. The van der Waals surface area contributed by atoms with Crippen molar-refractivity contribution in [3.05, 3.63) is 34.7 Å². The second-order valence-corrected chi connectivity index (χ2v) is 2.75. The molecule has 1 aromatic carbocycles. The second-order valence-electron chi connectivity index (χ2n) is 2.08. The number of azide groups is 1. The Balaban J connectivity index is 2.91. The fourth-order valence-corrected chi connectivity index (χ4v) is 1.10. The third-order valence-corrected chi connectivity index (χ3v) is 1.61. The molecule has 0 amide bonds. The Labute approximate surface area is 76.6 Å². The molecule has 0 heterocycles. The Kier molecular flexibility index (Phi) is 3.27. The maximum absolute atomic E-state index is 10.2. The van der Waals surface area contributed by atoms with E-state index in [4.69, 9.17) is 5.53 Å². The van der Waals surface area contributed by atoms with Crippen LogP contribution in [0.5, 0.6) is 0 Å². The monoisotopic (exact) mass is 197 g/mol. The van der Waals surface area contributed by atoms with E-state index in [1.54, 1.807) is 18.2 Å². The van der Waals surface area contributed by atoms with E-state index in [1.807, 2.05) is 0 Å². The normalized spacial score (nSPS) is 11.5. The van der Waals surface area contributed by atoms with Crippen LogP contribution in [0.15, 0.2) is 29.4 Å². The first-order valence-electron chi connectivity index (χ1n) is 3.23. The van der Waals surface area contributed by atoms with Gasteiger partial charge in [0.25, 0.3) is 0 Å². The van der Waals surface area contributed by atoms with Gasteiger partial charge >= 0.3 is 0 Å². The van der Waals surface area contributed by atoms with Gasteiger partial charge in [0.2, 0.25) is 0 Å². The van der Waals surface area contributed by atoms with Crippen molar-refractivity contribution >= 4 is 22.6 Å². The molecule has 1 rings (SSSR count). The van der Waals surface area contributed by atoms with Gasteiger partial charge in [0, 0.05) is 27.6 Å². The summed E-state index contributed by atoms with van der Waals surface area (Å²) in [5.74, 6) is 0. The molecule has 0 aliphatic rings. The lowest BCUT2D eigenvalue weighted by Crippen LogP contribution is -2.01. The minimum Gasteiger partial charge on any atom is -0.755 e. The van der Waals surface area contributed by atoms with Crippen molar-refractivity contribution in [3.63, 3.8) is 0 Å². The molecule has 1 N–H and O–H groups in total. The standard InChI is InChI=1S/C6H6N4O2S/c7-10-8-5-2-1-3-6(4-5)9-13(11)12/h1-4,9H,(H,11,12)/p-1. The average Bonchev–Trinajstić information content (AvgIpc) is 2.04. The number of benzene rings is 1. The molecular weight excluding hydrogens is 192 g/mol. The molecule has 0 aliphatic carbocycles. The molecule has 0 aliphatic heterocycles. The van der Waals surface area contributed by atoms with Gasteiger partial charge in [0.1, 0.15) is 0 Å². The van der Waals surface area contributed by atoms with E-state index < -0.39 is 11.3 Å². The van der Waals surface area contributed by atoms with Gasteiger partial charge < -0.3 is 9.27 Å². The second kappa shape index (κ2) is 4.46. The van der Waals surface area contributed by atoms with Gasteiger partial charge in [-0.1, -0.05) is 17.2 Å². The highest BCUT2D eigenvalue weighted by Crippen LogP contribution is 2.17. The molecule has 0 saturated carbocycles. The van der Waals surface area contributed by atoms with Crippen LogP contribution >= 0.6 is 0 Å². The number of hydrogen-bond donors (Lipinski definition) is 1. The van der Waals surface area contributed by atoms with Crippen molar-refractivity contribution < 1.29 is 8.76 Å². The lowest BCUT2D eigenvalue weighted by Gasteiger charge is -2.07. The van der Waals surface area contributed by atoms with Crippen LogP contribution in [0.4, 0.5) is 11.4 Å². The highest BCUT2D eigenvalue weighted by atomic mass is 32.2. The minimum atomic E-state index is -2.36. The summed E-state index contributed by atoms with van der Waals surface area (Å²) in [6.07, 6.45) is 0. The van der Waals surface area contributed by atoms with Crippen LogP contribution in [0.2, 0.25) is 0 Å². The van der Waals surface area contributed by atoms with Crippen LogP contribution in [0.1, 0.15) is 0 Å². The zero-order valence-electron chi connectivity index (χ0n) is 6.38. The summed E-state index contributed by atoms with van der Waals surface area (Å²) >= 11 is -2.36. The SMILES string of the molecule is [N-]=[N+]=Nc1cccc(NS(=O)[O-])c1. The third kappa shape index (κ3) is 3.12. The number of anilines is 1. The molecule has 6 nitrogen and oxygen atoms in total. The van der Waals surface area contributed by atoms with Gasteiger partial charge in [-0.25, -0.2) is 0 Å². The topological polar surface area (TPSA) is 101 Å². The maximum atomic E-state index is 10.2. The lowest BCUT2D eigenvalue weighted by molar-refractivity contribution is 0.542.